The Bertz CT molecular complexity index is 941. The monoisotopic (exact) mass is 370 g/mol. The summed E-state index contributed by atoms with van der Waals surface area (Å²) < 4.78 is 89.9. The lowest BCUT2D eigenvalue weighted by Gasteiger charge is -2.18. The van der Waals surface area contributed by atoms with Crippen molar-refractivity contribution in [2.45, 2.75) is 9.79 Å². The lowest BCUT2D eigenvalue weighted by atomic mass is 10.0. The summed E-state index contributed by atoms with van der Waals surface area (Å²) in [4.78, 5) is -1.90. The average Bonchev–Trinajstić information content (AvgIpc) is 2.36. The van der Waals surface area contributed by atoms with Crippen LogP contribution in [-0.4, -0.2) is 37.2 Å². The van der Waals surface area contributed by atoms with E-state index in [-0.39, 0.29) is 0 Å². The first-order valence-electron chi connectivity index (χ1n) is 5.47. The molecule has 0 amide bonds. The standard InChI is InChI=1S/C9H8F2N4O6S2/c10-9-4(3-13-15(11)14-9)7-5(22(16,17)18)1-2-6(8(7)12)23(19,20)21/h1-3,13H,12H2,(H,16,17,18)(H,19,20,21). The molecule has 0 fully saturated rings. The topological polar surface area (TPSA) is 162 Å². The fourth-order valence-corrected chi connectivity index (χ4v) is 3.15. The van der Waals surface area contributed by atoms with Crippen molar-refractivity contribution in [3.05, 3.63) is 23.9 Å². The van der Waals surface area contributed by atoms with Crippen LogP contribution in [0.15, 0.2) is 33.2 Å². The third-order valence-corrected chi connectivity index (χ3v) is 4.51. The van der Waals surface area contributed by atoms with Gasteiger partial charge in [0.15, 0.2) is 0 Å². The Hall–Kier alpha value is -2.29. The van der Waals surface area contributed by atoms with Gasteiger partial charge >= 0.3 is 0 Å². The molecule has 1 heterocycles. The molecule has 1 aromatic carbocycles. The lowest BCUT2D eigenvalue weighted by Crippen LogP contribution is -2.27. The van der Waals surface area contributed by atoms with E-state index in [2.05, 4.69) is 5.10 Å². The number of hydrogen-bond acceptors (Lipinski definition) is 8. The molecule has 0 saturated heterocycles. The molecule has 1 aliphatic rings. The van der Waals surface area contributed by atoms with Gasteiger partial charge in [-0.15, -0.1) is 0 Å². The predicted molar refractivity (Wildman–Crippen MR) is 73.1 cm³/mol. The van der Waals surface area contributed by atoms with Gasteiger partial charge in [-0.25, -0.2) is 0 Å². The van der Waals surface area contributed by atoms with Crippen LogP contribution in [0.25, 0.3) is 5.57 Å². The molecule has 14 heteroatoms. The van der Waals surface area contributed by atoms with Crippen molar-refractivity contribution >= 4 is 37.5 Å². The number of hydrazine groups is 1. The molecular weight excluding hydrogens is 362 g/mol. The number of nitrogens with two attached hydrogens (primary N) is 1. The Morgan fingerprint density at radius 3 is 2.13 bits per heavy atom. The number of rotatable bonds is 3. The highest BCUT2D eigenvalue weighted by Crippen LogP contribution is 2.35. The maximum Gasteiger partial charge on any atom is 0.296 e. The van der Waals surface area contributed by atoms with Crippen LogP contribution >= 0.6 is 0 Å². The number of nitrogens with zero attached hydrogens (tertiary/aromatic N) is 2. The fourth-order valence-electron chi connectivity index (χ4n) is 1.81. The lowest BCUT2D eigenvalue weighted by molar-refractivity contribution is -0.0145. The van der Waals surface area contributed by atoms with E-state index in [0.717, 1.165) is 0 Å². The molecule has 23 heavy (non-hydrogen) atoms. The van der Waals surface area contributed by atoms with Crippen molar-refractivity contribution in [2.24, 2.45) is 5.10 Å². The molecule has 0 radical (unpaired) electrons. The molecule has 126 valence electrons. The van der Waals surface area contributed by atoms with Crippen LogP contribution in [0.4, 0.5) is 14.6 Å². The van der Waals surface area contributed by atoms with Gasteiger partial charge in [-0.1, -0.05) is 9.58 Å². The minimum atomic E-state index is -4.96. The van der Waals surface area contributed by atoms with Crippen molar-refractivity contribution in [1.82, 2.24) is 10.8 Å². The number of allylic oxidation sites excluding steroid dienone is 1. The zero-order valence-electron chi connectivity index (χ0n) is 10.8. The van der Waals surface area contributed by atoms with E-state index in [1.54, 1.807) is 5.43 Å². The summed E-state index contributed by atoms with van der Waals surface area (Å²) in [6.07, 6.45) is 0.594. The van der Waals surface area contributed by atoms with Crippen LogP contribution in [0.1, 0.15) is 5.56 Å². The smallest absolute Gasteiger partial charge is 0.296 e. The van der Waals surface area contributed by atoms with Gasteiger partial charge in [0, 0.05) is 11.8 Å². The average molecular weight is 370 g/mol. The molecule has 0 saturated carbocycles. The van der Waals surface area contributed by atoms with E-state index in [1.165, 1.54) is 0 Å². The van der Waals surface area contributed by atoms with Gasteiger partial charge in [-0.05, 0) is 17.5 Å². The van der Waals surface area contributed by atoms with Crippen molar-refractivity contribution < 1.29 is 34.8 Å². The zero-order chi connectivity index (χ0) is 17.6. The highest BCUT2D eigenvalue weighted by atomic mass is 32.2. The third-order valence-electron chi connectivity index (χ3n) is 2.71. The second kappa shape index (κ2) is 5.41. The predicted octanol–water partition coefficient (Wildman–Crippen LogP) is 0.0908. The minimum Gasteiger partial charge on any atom is -0.397 e. The summed E-state index contributed by atoms with van der Waals surface area (Å²) in [6.45, 7) is 0. The molecule has 5 N–H and O–H groups in total. The first-order valence-corrected chi connectivity index (χ1v) is 8.35. The molecule has 1 aliphatic heterocycles. The second-order valence-corrected chi connectivity index (χ2v) is 6.92. The highest BCUT2D eigenvalue weighted by Gasteiger charge is 2.30. The number of nitrogen functional groups attached to an aromatic ring is 1. The summed E-state index contributed by atoms with van der Waals surface area (Å²) >= 11 is 0. The molecule has 0 aromatic heterocycles. The van der Waals surface area contributed by atoms with Gasteiger partial charge in [0.05, 0.1) is 11.3 Å². The van der Waals surface area contributed by atoms with Crippen molar-refractivity contribution in [1.29, 1.82) is 0 Å². The molecule has 2 rings (SSSR count). The first kappa shape index (κ1) is 17.1. The van der Waals surface area contributed by atoms with E-state index >= 15 is 0 Å². The summed E-state index contributed by atoms with van der Waals surface area (Å²) in [5.41, 5.74) is 4.79. The number of benzene rings is 1. The van der Waals surface area contributed by atoms with Crippen LogP contribution in [0.5, 0.6) is 0 Å². The molecule has 10 nitrogen and oxygen atoms in total. The SMILES string of the molecule is Nc1c(S(=O)(=O)O)ccc(S(=O)(=O)O)c1C1=CNN(F)N=C1F. The molecule has 0 spiro atoms. The van der Waals surface area contributed by atoms with E-state index in [1.807, 2.05) is 0 Å². The van der Waals surface area contributed by atoms with E-state index < -0.39 is 58.2 Å². The molecule has 0 bridgehead atoms. The van der Waals surface area contributed by atoms with Crippen LogP contribution in [0.3, 0.4) is 0 Å². The van der Waals surface area contributed by atoms with E-state index in [9.17, 15) is 25.7 Å². The maximum absolute atomic E-state index is 13.8. The molecular formula is C9H8F2N4O6S2. The summed E-state index contributed by atoms with van der Waals surface area (Å²) in [6, 6.07) is 1.19. The molecule has 0 unspecified atom stereocenters. The van der Waals surface area contributed by atoms with E-state index in [4.69, 9.17) is 14.8 Å². The largest absolute Gasteiger partial charge is 0.397 e. The fraction of sp³-hybridized carbons (Fsp3) is 0. The summed E-state index contributed by atoms with van der Waals surface area (Å²) in [5.74, 6) is -1.56. The van der Waals surface area contributed by atoms with Gasteiger partial charge in [0.25, 0.3) is 20.2 Å². The minimum absolute atomic E-state index is 0.547. The van der Waals surface area contributed by atoms with Crippen LogP contribution in [0.2, 0.25) is 0 Å². The second-order valence-electron chi connectivity index (χ2n) is 4.14. The number of hydrazone groups is 1. The van der Waals surface area contributed by atoms with Gasteiger partial charge in [0.1, 0.15) is 9.79 Å². The molecule has 0 aliphatic carbocycles. The molecule has 1 aromatic rings. The van der Waals surface area contributed by atoms with Gasteiger partial charge < -0.3 is 5.73 Å². The zero-order valence-corrected chi connectivity index (χ0v) is 12.4. The normalized spacial score (nSPS) is 15.7. The number of anilines is 1. The molecule has 0 atom stereocenters. The summed E-state index contributed by atoms with van der Waals surface area (Å²) in [7, 11) is -9.84. The van der Waals surface area contributed by atoms with Crippen molar-refractivity contribution in [3.8, 4) is 0 Å². The Kier molecular flexibility index (Phi) is 4.02. The summed E-state index contributed by atoms with van der Waals surface area (Å²) in [5, 5.41) is 2.14. The third kappa shape index (κ3) is 3.24. The Morgan fingerprint density at radius 1 is 1.13 bits per heavy atom. The van der Waals surface area contributed by atoms with E-state index in [0.29, 0.717) is 18.3 Å². The highest BCUT2D eigenvalue weighted by molar-refractivity contribution is 7.86. The quantitative estimate of drug-likeness (QED) is 0.328. The van der Waals surface area contributed by atoms with Crippen LogP contribution < -0.4 is 11.2 Å². The van der Waals surface area contributed by atoms with Gasteiger partial charge in [0.2, 0.25) is 5.97 Å². The number of nitrogens with one attached hydrogen (secondary N) is 1. The Balaban J connectivity index is 2.87. The number of hydrogen-bond donors (Lipinski definition) is 4. The maximum atomic E-state index is 13.8. The van der Waals surface area contributed by atoms with Crippen molar-refractivity contribution in [3.63, 3.8) is 0 Å². The van der Waals surface area contributed by atoms with Gasteiger partial charge in [-0.2, -0.15) is 21.2 Å². The van der Waals surface area contributed by atoms with Crippen LogP contribution in [0, 0.1) is 0 Å². The first-order chi connectivity index (χ1) is 10.4. The Morgan fingerprint density at radius 2 is 1.65 bits per heavy atom. The number of halogens is 2. The van der Waals surface area contributed by atoms with Crippen molar-refractivity contribution in [2.75, 3.05) is 5.73 Å². The Labute approximate surface area is 128 Å². The van der Waals surface area contributed by atoms with Gasteiger partial charge in [-0.3, -0.25) is 14.5 Å². The van der Waals surface area contributed by atoms with Crippen LogP contribution in [-0.2, 0) is 20.2 Å².